The van der Waals surface area contributed by atoms with E-state index in [-0.39, 0.29) is 18.7 Å². The van der Waals surface area contributed by atoms with Gasteiger partial charge in [-0.2, -0.15) is 10.1 Å². The summed E-state index contributed by atoms with van der Waals surface area (Å²) in [6, 6.07) is 6.90. The van der Waals surface area contributed by atoms with Gasteiger partial charge in [-0.3, -0.25) is 5.10 Å². The van der Waals surface area contributed by atoms with Gasteiger partial charge in [0.1, 0.15) is 11.9 Å². The molecule has 10 nitrogen and oxygen atoms in total. The van der Waals surface area contributed by atoms with Crippen LogP contribution in [0, 0.1) is 6.92 Å². The van der Waals surface area contributed by atoms with Crippen LogP contribution in [-0.2, 0) is 11.3 Å². The van der Waals surface area contributed by atoms with Crippen molar-refractivity contribution in [3.05, 3.63) is 41.8 Å². The number of aryl methyl sites for hydroxylation is 1. The van der Waals surface area contributed by atoms with Gasteiger partial charge in [0.25, 0.3) is 5.89 Å². The van der Waals surface area contributed by atoms with Crippen molar-refractivity contribution in [2.24, 2.45) is 0 Å². The molecule has 10 heteroatoms. The number of carbonyl (C=O) groups excluding carboxylic acids is 1. The highest BCUT2D eigenvalue weighted by atomic mass is 16.5. The summed E-state index contributed by atoms with van der Waals surface area (Å²) in [6.07, 6.45) is 1.72. The van der Waals surface area contributed by atoms with Gasteiger partial charge in [-0.15, -0.1) is 0 Å². The van der Waals surface area contributed by atoms with Crippen molar-refractivity contribution in [3.8, 4) is 11.4 Å². The summed E-state index contributed by atoms with van der Waals surface area (Å²) < 4.78 is 10.7. The van der Waals surface area contributed by atoms with E-state index in [9.17, 15) is 4.79 Å². The lowest BCUT2D eigenvalue weighted by Gasteiger charge is -2.07. The van der Waals surface area contributed by atoms with E-state index < -0.39 is 0 Å². The maximum atomic E-state index is 12.1. The number of nitrogens with one attached hydrogen (secondary N) is 3. The van der Waals surface area contributed by atoms with E-state index in [4.69, 9.17) is 9.26 Å². The van der Waals surface area contributed by atoms with Crippen LogP contribution in [0.4, 0.5) is 10.5 Å². The Morgan fingerprint density at radius 2 is 2.30 bits per heavy atom. The third-order valence-corrected chi connectivity index (χ3v) is 4.07. The summed E-state index contributed by atoms with van der Waals surface area (Å²) in [7, 11) is 0. The fraction of sp³-hybridized carbons (Fsp3) is 0.353. The third-order valence-electron chi connectivity index (χ3n) is 4.07. The van der Waals surface area contributed by atoms with E-state index in [1.54, 1.807) is 12.1 Å². The van der Waals surface area contributed by atoms with Crippen LogP contribution < -0.4 is 10.6 Å². The molecular formula is C17H19N7O3. The fourth-order valence-electron chi connectivity index (χ4n) is 2.78. The molecule has 1 aliphatic rings. The standard InChI is InChI=1S/C17H19N7O3/c1-10-19-15(23-22-10)11-4-2-5-12(8-11)20-17(25)18-9-14-21-16(27-24-14)13-6-3-7-26-13/h2,4-5,8,13H,3,6-7,9H2,1H3,(H2,18,20,25)(H,19,22,23)/t13-/m0/s1. The number of carbonyl (C=O) groups is 1. The molecular weight excluding hydrogens is 350 g/mol. The van der Waals surface area contributed by atoms with Gasteiger partial charge in [-0.05, 0) is 31.9 Å². The Bertz CT molecular complexity index is 930. The zero-order valence-electron chi connectivity index (χ0n) is 14.7. The van der Waals surface area contributed by atoms with Crippen molar-refractivity contribution in [2.45, 2.75) is 32.4 Å². The minimum Gasteiger partial charge on any atom is -0.368 e. The van der Waals surface area contributed by atoms with E-state index >= 15 is 0 Å². The predicted molar refractivity (Wildman–Crippen MR) is 94.6 cm³/mol. The molecule has 1 fully saturated rings. The monoisotopic (exact) mass is 369 g/mol. The number of ether oxygens (including phenoxy) is 1. The molecule has 1 aromatic carbocycles. The lowest BCUT2D eigenvalue weighted by atomic mass is 10.2. The largest absolute Gasteiger partial charge is 0.368 e. The number of aromatic amines is 1. The number of urea groups is 1. The van der Waals surface area contributed by atoms with Crippen LogP contribution in [0.1, 0.15) is 36.5 Å². The highest BCUT2D eigenvalue weighted by Crippen LogP contribution is 2.26. The lowest BCUT2D eigenvalue weighted by Crippen LogP contribution is -2.28. The van der Waals surface area contributed by atoms with Gasteiger partial charge >= 0.3 is 6.03 Å². The van der Waals surface area contributed by atoms with Crippen molar-refractivity contribution in [1.82, 2.24) is 30.6 Å². The number of rotatable bonds is 5. The summed E-state index contributed by atoms with van der Waals surface area (Å²) in [5.74, 6) is 2.16. The van der Waals surface area contributed by atoms with Crippen LogP contribution in [0.15, 0.2) is 28.8 Å². The summed E-state index contributed by atoms with van der Waals surface area (Å²) in [5, 5.41) is 16.2. The molecule has 1 saturated heterocycles. The molecule has 1 atom stereocenters. The van der Waals surface area contributed by atoms with Gasteiger partial charge in [0.2, 0.25) is 0 Å². The van der Waals surface area contributed by atoms with E-state index in [2.05, 4.69) is 36.0 Å². The van der Waals surface area contributed by atoms with Crippen molar-refractivity contribution < 1.29 is 14.1 Å². The van der Waals surface area contributed by atoms with Crippen molar-refractivity contribution in [2.75, 3.05) is 11.9 Å². The fourth-order valence-corrected chi connectivity index (χ4v) is 2.78. The number of hydrogen-bond acceptors (Lipinski definition) is 7. The molecule has 0 saturated carbocycles. The van der Waals surface area contributed by atoms with Gasteiger partial charge in [0, 0.05) is 17.9 Å². The van der Waals surface area contributed by atoms with Crippen LogP contribution >= 0.6 is 0 Å². The molecule has 0 radical (unpaired) electrons. The quantitative estimate of drug-likeness (QED) is 0.629. The highest BCUT2D eigenvalue weighted by Gasteiger charge is 2.23. The summed E-state index contributed by atoms with van der Waals surface area (Å²) in [5.41, 5.74) is 1.43. The van der Waals surface area contributed by atoms with E-state index in [0.717, 1.165) is 24.2 Å². The molecule has 3 N–H and O–H groups in total. The molecule has 0 spiro atoms. The van der Waals surface area contributed by atoms with Crippen LogP contribution in [0.25, 0.3) is 11.4 Å². The first kappa shape index (κ1) is 17.2. The minimum absolute atomic E-state index is 0.137. The first-order valence-electron chi connectivity index (χ1n) is 8.66. The molecule has 1 aliphatic heterocycles. The van der Waals surface area contributed by atoms with Gasteiger partial charge in [-0.1, -0.05) is 17.3 Å². The highest BCUT2D eigenvalue weighted by molar-refractivity contribution is 5.89. The molecule has 140 valence electrons. The van der Waals surface area contributed by atoms with Gasteiger partial charge < -0.3 is 19.9 Å². The summed E-state index contributed by atoms with van der Waals surface area (Å²) in [4.78, 5) is 20.7. The zero-order valence-corrected chi connectivity index (χ0v) is 14.7. The number of benzene rings is 1. The Morgan fingerprint density at radius 1 is 1.37 bits per heavy atom. The van der Waals surface area contributed by atoms with Crippen LogP contribution in [-0.4, -0.2) is 38.0 Å². The Labute approximate surface area is 154 Å². The number of hydrogen-bond donors (Lipinski definition) is 3. The first-order chi connectivity index (χ1) is 13.2. The lowest BCUT2D eigenvalue weighted by molar-refractivity contribution is 0.0835. The zero-order chi connectivity index (χ0) is 18.6. The van der Waals surface area contributed by atoms with E-state index in [1.165, 1.54) is 0 Å². The molecule has 0 bridgehead atoms. The predicted octanol–water partition coefficient (Wildman–Crippen LogP) is 2.34. The van der Waals surface area contributed by atoms with Crippen LogP contribution in [0.2, 0.25) is 0 Å². The molecule has 3 aromatic rings. The SMILES string of the molecule is Cc1nc(-c2cccc(NC(=O)NCc3noc([C@@H]4CCCO4)n3)c2)n[nH]1. The van der Waals surface area contributed by atoms with Crippen LogP contribution in [0.5, 0.6) is 0 Å². The molecule has 4 rings (SSSR count). The number of H-pyrrole nitrogens is 1. The minimum atomic E-state index is -0.373. The maximum Gasteiger partial charge on any atom is 0.319 e. The Morgan fingerprint density at radius 3 is 3.07 bits per heavy atom. The Hall–Kier alpha value is -3.27. The second kappa shape index (κ2) is 7.54. The number of anilines is 1. The van der Waals surface area contributed by atoms with Crippen molar-refractivity contribution in [1.29, 1.82) is 0 Å². The smallest absolute Gasteiger partial charge is 0.319 e. The first-order valence-corrected chi connectivity index (χ1v) is 8.66. The number of amides is 2. The second-order valence-electron chi connectivity index (χ2n) is 6.18. The van der Waals surface area contributed by atoms with Gasteiger partial charge in [0.15, 0.2) is 11.6 Å². The molecule has 0 unspecified atom stereocenters. The van der Waals surface area contributed by atoms with E-state index in [1.807, 2.05) is 19.1 Å². The second-order valence-corrected chi connectivity index (χ2v) is 6.18. The Kier molecular flexibility index (Phi) is 4.79. The normalized spacial score (nSPS) is 16.4. The Balaban J connectivity index is 1.33. The molecule has 2 amide bonds. The molecule has 3 heterocycles. The molecule has 27 heavy (non-hydrogen) atoms. The topological polar surface area (TPSA) is 131 Å². The van der Waals surface area contributed by atoms with Crippen LogP contribution in [0.3, 0.4) is 0 Å². The van der Waals surface area contributed by atoms with Gasteiger partial charge in [-0.25, -0.2) is 9.78 Å². The van der Waals surface area contributed by atoms with Crippen molar-refractivity contribution in [3.63, 3.8) is 0 Å². The molecule has 2 aromatic heterocycles. The summed E-state index contributed by atoms with van der Waals surface area (Å²) in [6.45, 7) is 2.69. The van der Waals surface area contributed by atoms with E-state index in [0.29, 0.717) is 29.8 Å². The van der Waals surface area contributed by atoms with Crippen molar-refractivity contribution >= 4 is 11.7 Å². The number of aromatic nitrogens is 5. The molecule has 0 aliphatic carbocycles. The third kappa shape index (κ3) is 4.11. The maximum absolute atomic E-state index is 12.1. The van der Waals surface area contributed by atoms with Gasteiger partial charge in [0.05, 0.1) is 6.54 Å². The number of nitrogens with zero attached hydrogens (tertiary/aromatic N) is 4. The average molecular weight is 369 g/mol. The summed E-state index contributed by atoms with van der Waals surface area (Å²) >= 11 is 0. The average Bonchev–Trinajstić information content (AvgIpc) is 3.41.